The van der Waals surface area contributed by atoms with Gasteiger partial charge < -0.3 is 10.1 Å². The number of para-hydroxylation sites is 1. The normalized spacial score (nSPS) is 10.3. The molecular weight excluding hydrogens is 357 g/mol. The lowest BCUT2D eigenvalue weighted by atomic mass is 10.2. The van der Waals surface area contributed by atoms with Gasteiger partial charge in [0.05, 0.1) is 10.0 Å². The van der Waals surface area contributed by atoms with Crippen LogP contribution in [0.25, 0.3) is 0 Å². The molecule has 1 N–H and O–H groups in total. The molecule has 3 nitrogen and oxygen atoms in total. The van der Waals surface area contributed by atoms with Gasteiger partial charge in [0.15, 0.2) is 0 Å². The summed E-state index contributed by atoms with van der Waals surface area (Å²) >= 11 is 11.9. The number of benzene rings is 3. The van der Waals surface area contributed by atoms with Crippen LogP contribution in [0.2, 0.25) is 10.0 Å². The minimum Gasteiger partial charge on any atom is -0.489 e. The van der Waals surface area contributed by atoms with Crippen LogP contribution < -0.4 is 10.1 Å². The van der Waals surface area contributed by atoms with Crippen LogP contribution in [0.4, 0.5) is 5.69 Å². The topological polar surface area (TPSA) is 38.3 Å². The van der Waals surface area contributed by atoms with Gasteiger partial charge in [-0.25, -0.2) is 0 Å². The van der Waals surface area contributed by atoms with Gasteiger partial charge in [-0.05, 0) is 48.0 Å². The number of hydrogen-bond donors (Lipinski definition) is 1. The quantitative estimate of drug-likeness (QED) is 0.612. The summed E-state index contributed by atoms with van der Waals surface area (Å²) in [4.78, 5) is 12.3. The molecule has 3 aromatic rings. The second-order valence-corrected chi connectivity index (χ2v) is 6.20. The molecule has 0 aliphatic heterocycles. The van der Waals surface area contributed by atoms with Crippen molar-refractivity contribution in [3.05, 3.63) is 94.0 Å². The number of hydrogen-bond acceptors (Lipinski definition) is 2. The smallest absolute Gasteiger partial charge is 0.255 e. The molecule has 1 amide bonds. The first-order valence-electron chi connectivity index (χ1n) is 7.65. The Labute approximate surface area is 156 Å². The second kappa shape index (κ2) is 8.06. The molecule has 0 atom stereocenters. The summed E-state index contributed by atoms with van der Waals surface area (Å²) < 4.78 is 5.75. The number of ether oxygens (including phenoxy) is 1. The lowest BCUT2D eigenvalue weighted by molar-refractivity contribution is 0.102. The first kappa shape index (κ1) is 17.3. The molecule has 0 aliphatic rings. The van der Waals surface area contributed by atoms with E-state index in [4.69, 9.17) is 27.9 Å². The molecule has 3 rings (SSSR count). The van der Waals surface area contributed by atoms with Gasteiger partial charge in [0, 0.05) is 11.3 Å². The summed E-state index contributed by atoms with van der Waals surface area (Å²) in [5, 5.41) is 3.84. The largest absolute Gasteiger partial charge is 0.489 e. The van der Waals surface area contributed by atoms with E-state index < -0.39 is 0 Å². The van der Waals surface area contributed by atoms with Crippen molar-refractivity contribution in [1.29, 1.82) is 0 Å². The molecule has 0 aliphatic carbocycles. The lowest BCUT2D eigenvalue weighted by Gasteiger charge is -2.09. The van der Waals surface area contributed by atoms with Gasteiger partial charge >= 0.3 is 0 Å². The number of anilines is 1. The maximum atomic E-state index is 12.3. The van der Waals surface area contributed by atoms with Crippen molar-refractivity contribution < 1.29 is 9.53 Å². The van der Waals surface area contributed by atoms with E-state index in [2.05, 4.69) is 5.32 Å². The maximum absolute atomic E-state index is 12.3. The van der Waals surface area contributed by atoms with Crippen molar-refractivity contribution in [2.75, 3.05) is 5.32 Å². The Morgan fingerprint density at radius 3 is 2.44 bits per heavy atom. The first-order chi connectivity index (χ1) is 12.1. The summed E-state index contributed by atoms with van der Waals surface area (Å²) in [6.45, 7) is 0.334. The molecule has 0 saturated carbocycles. The number of nitrogens with one attached hydrogen (secondary N) is 1. The van der Waals surface area contributed by atoms with Crippen LogP contribution in [0.1, 0.15) is 15.9 Å². The number of halogens is 2. The number of amides is 1. The highest BCUT2D eigenvalue weighted by Crippen LogP contribution is 2.23. The molecule has 5 heteroatoms. The zero-order chi connectivity index (χ0) is 17.6. The highest BCUT2D eigenvalue weighted by atomic mass is 35.5. The van der Waals surface area contributed by atoms with Gasteiger partial charge in [-0.2, -0.15) is 0 Å². The van der Waals surface area contributed by atoms with Gasteiger partial charge in [0.2, 0.25) is 0 Å². The Bertz CT molecular complexity index is 882. The molecule has 0 spiro atoms. The predicted molar refractivity (Wildman–Crippen MR) is 102 cm³/mol. The monoisotopic (exact) mass is 371 g/mol. The number of rotatable bonds is 5. The van der Waals surface area contributed by atoms with E-state index in [1.807, 2.05) is 36.4 Å². The standard InChI is InChI=1S/C20H15Cl2NO2/c21-18-10-9-14(11-19(18)22)13-25-17-8-4-5-15(12-17)20(24)23-16-6-2-1-3-7-16/h1-12H,13H2,(H,23,24). The maximum Gasteiger partial charge on any atom is 0.255 e. The molecule has 126 valence electrons. The third-order valence-electron chi connectivity index (χ3n) is 3.52. The van der Waals surface area contributed by atoms with E-state index in [9.17, 15) is 4.79 Å². The third-order valence-corrected chi connectivity index (χ3v) is 4.26. The predicted octanol–water partition coefficient (Wildman–Crippen LogP) is 5.82. The van der Waals surface area contributed by atoms with Crippen molar-refractivity contribution >= 4 is 34.8 Å². The zero-order valence-corrected chi connectivity index (χ0v) is 14.7. The van der Waals surface area contributed by atoms with Crippen LogP contribution in [-0.4, -0.2) is 5.91 Å². The van der Waals surface area contributed by atoms with E-state index in [0.29, 0.717) is 28.0 Å². The van der Waals surface area contributed by atoms with Crippen LogP contribution in [-0.2, 0) is 6.61 Å². The fraction of sp³-hybridized carbons (Fsp3) is 0.0500. The highest BCUT2D eigenvalue weighted by Gasteiger charge is 2.08. The molecule has 3 aromatic carbocycles. The summed E-state index contributed by atoms with van der Waals surface area (Å²) in [6, 6.07) is 21.7. The third kappa shape index (κ3) is 4.75. The second-order valence-electron chi connectivity index (χ2n) is 5.39. The van der Waals surface area contributed by atoms with Gasteiger partial charge in [-0.15, -0.1) is 0 Å². The van der Waals surface area contributed by atoms with Crippen LogP contribution >= 0.6 is 23.2 Å². The highest BCUT2D eigenvalue weighted by molar-refractivity contribution is 6.42. The van der Waals surface area contributed by atoms with E-state index >= 15 is 0 Å². The van der Waals surface area contributed by atoms with Gasteiger partial charge in [-0.1, -0.05) is 53.5 Å². The Morgan fingerprint density at radius 1 is 0.880 bits per heavy atom. The first-order valence-corrected chi connectivity index (χ1v) is 8.40. The van der Waals surface area contributed by atoms with Crippen LogP contribution in [0.5, 0.6) is 5.75 Å². The van der Waals surface area contributed by atoms with Gasteiger partial charge in [-0.3, -0.25) is 4.79 Å². The average Bonchev–Trinajstić information content (AvgIpc) is 2.64. The molecule has 0 radical (unpaired) electrons. The van der Waals surface area contributed by atoms with Crippen molar-refractivity contribution in [1.82, 2.24) is 0 Å². The number of carbonyl (C=O) groups is 1. The summed E-state index contributed by atoms with van der Waals surface area (Å²) in [5.41, 5.74) is 2.17. The summed E-state index contributed by atoms with van der Waals surface area (Å²) in [7, 11) is 0. The van der Waals surface area contributed by atoms with Crippen molar-refractivity contribution in [3.63, 3.8) is 0 Å². The molecule has 0 bridgehead atoms. The Kier molecular flexibility index (Phi) is 5.59. The van der Waals surface area contributed by atoms with E-state index in [0.717, 1.165) is 11.3 Å². The Hall–Kier alpha value is -2.49. The molecule has 0 heterocycles. The van der Waals surface area contributed by atoms with Crippen LogP contribution in [0.3, 0.4) is 0 Å². The molecule has 0 unspecified atom stereocenters. The van der Waals surface area contributed by atoms with Gasteiger partial charge in [0.25, 0.3) is 5.91 Å². The van der Waals surface area contributed by atoms with E-state index in [1.54, 1.807) is 36.4 Å². The van der Waals surface area contributed by atoms with Crippen molar-refractivity contribution in [2.24, 2.45) is 0 Å². The molecule has 0 aromatic heterocycles. The SMILES string of the molecule is O=C(Nc1ccccc1)c1cccc(OCc2ccc(Cl)c(Cl)c2)c1. The van der Waals surface area contributed by atoms with E-state index in [-0.39, 0.29) is 5.91 Å². The summed E-state index contributed by atoms with van der Waals surface area (Å²) in [5.74, 6) is 0.415. The van der Waals surface area contributed by atoms with Gasteiger partial charge in [0.1, 0.15) is 12.4 Å². The summed E-state index contributed by atoms with van der Waals surface area (Å²) in [6.07, 6.45) is 0. The van der Waals surface area contributed by atoms with Crippen molar-refractivity contribution in [2.45, 2.75) is 6.61 Å². The fourth-order valence-electron chi connectivity index (χ4n) is 2.25. The van der Waals surface area contributed by atoms with E-state index in [1.165, 1.54) is 0 Å². The lowest BCUT2D eigenvalue weighted by Crippen LogP contribution is -2.11. The van der Waals surface area contributed by atoms with Crippen LogP contribution in [0, 0.1) is 0 Å². The number of carbonyl (C=O) groups excluding carboxylic acids is 1. The minimum atomic E-state index is -0.189. The molecule has 0 saturated heterocycles. The average molecular weight is 372 g/mol. The molecule has 0 fully saturated rings. The van der Waals surface area contributed by atoms with Crippen molar-refractivity contribution in [3.8, 4) is 5.75 Å². The molecule has 25 heavy (non-hydrogen) atoms. The minimum absolute atomic E-state index is 0.189. The van der Waals surface area contributed by atoms with Crippen LogP contribution in [0.15, 0.2) is 72.8 Å². The Morgan fingerprint density at radius 2 is 1.68 bits per heavy atom. The zero-order valence-electron chi connectivity index (χ0n) is 13.2. The molecular formula is C20H15Cl2NO2. The fourth-order valence-corrected chi connectivity index (χ4v) is 2.57. The Balaban J connectivity index is 1.66.